The van der Waals surface area contributed by atoms with Crippen LogP contribution in [0.1, 0.15) is 32.3 Å². The fraction of sp³-hybridized carbons (Fsp3) is 0.0833. The molecule has 10 nitrogen and oxygen atoms in total. The van der Waals surface area contributed by atoms with Gasteiger partial charge in [0.05, 0.1) is 11.2 Å². The Labute approximate surface area is 201 Å². The molecule has 2 heterocycles. The second kappa shape index (κ2) is 9.77. The molecule has 2 aromatic heterocycles. The second-order valence-electron chi connectivity index (χ2n) is 7.57. The predicted octanol–water partition coefficient (Wildman–Crippen LogP) is 3.99. The van der Waals surface area contributed by atoms with Crippen molar-refractivity contribution in [3.63, 3.8) is 0 Å². The first-order valence-electron chi connectivity index (χ1n) is 10.4. The van der Waals surface area contributed by atoms with Crippen molar-refractivity contribution in [3.8, 4) is 0 Å². The maximum Gasteiger partial charge on any atom is 0.291 e. The number of hydrogen-bond acceptors (Lipinski definition) is 7. The zero-order valence-electron chi connectivity index (χ0n) is 18.8. The Morgan fingerprint density at radius 1 is 0.800 bits per heavy atom. The van der Waals surface area contributed by atoms with Gasteiger partial charge in [0, 0.05) is 28.3 Å². The molecule has 178 valence electrons. The highest BCUT2D eigenvalue weighted by Gasteiger charge is 2.17. The third-order valence-electron chi connectivity index (χ3n) is 4.78. The SMILES string of the molecule is Cc1cc(C)nc(NS(=O)(=O)c2ccc(NC(=O)c3ccc(NC(=O)c4ccco4)cc3)cc2)n1. The molecule has 0 aliphatic rings. The van der Waals surface area contributed by atoms with E-state index in [9.17, 15) is 18.0 Å². The molecule has 11 heteroatoms. The van der Waals surface area contributed by atoms with E-state index < -0.39 is 21.8 Å². The summed E-state index contributed by atoms with van der Waals surface area (Å²) in [4.78, 5) is 32.8. The molecule has 0 unspecified atom stereocenters. The molecular formula is C24H21N5O5S. The summed E-state index contributed by atoms with van der Waals surface area (Å²) in [6.07, 6.45) is 1.40. The number of benzene rings is 2. The van der Waals surface area contributed by atoms with Crippen molar-refractivity contribution in [2.75, 3.05) is 15.4 Å². The van der Waals surface area contributed by atoms with E-state index in [0.717, 1.165) is 0 Å². The van der Waals surface area contributed by atoms with E-state index in [1.165, 1.54) is 30.5 Å². The third-order valence-corrected chi connectivity index (χ3v) is 6.12. The van der Waals surface area contributed by atoms with E-state index in [0.29, 0.717) is 28.3 Å². The first-order chi connectivity index (χ1) is 16.7. The number of amides is 2. The number of carbonyl (C=O) groups excluding carboxylic acids is 2. The zero-order chi connectivity index (χ0) is 25.0. The maximum absolute atomic E-state index is 12.6. The van der Waals surface area contributed by atoms with Crippen LogP contribution in [0.2, 0.25) is 0 Å². The third kappa shape index (κ3) is 5.89. The van der Waals surface area contributed by atoms with E-state index in [4.69, 9.17) is 4.42 Å². The molecule has 0 saturated carbocycles. The first-order valence-corrected chi connectivity index (χ1v) is 11.9. The molecule has 0 fully saturated rings. The molecule has 0 aliphatic carbocycles. The van der Waals surface area contributed by atoms with Crippen LogP contribution in [0.4, 0.5) is 17.3 Å². The molecule has 4 aromatic rings. The fourth-order valence-corrected chi connectivity index (χ4v) is 4.12. The van der Waals surface area contributed by atoms with Gasteiger partial charge in [-0.25, -0.2) is 23.1 Å². The number of aryl methyl sites for hydroxylation is 2. The number of nitrogens with zero attached hydrogens (tertiary/aromatic N) is 2. The summed E-state index contributed by atoms with van der Waals surface area (Å²) in [6.45, 7) is 3.49. The topological polar surface area (TPSA) is 143 Å². The Kier molecular flexibility index (Phi) is 6.60. The summed E-state index contributed by atoms with van der Waals surface area (Å²) in [7, 11) is -3.90. The number of rotatable bonds is 7. The zero-order valence-corrected chi connectivity index (χ0v) is 19.6. The van der Waals surface area contributed by atoms with Crippen LogP contribution in [-0.2, 0) is 10.0 Å². The number of anilines is 3. The molecule has 0 radical (unpaired) electrons. The number of sulfonamides is 1. The van der Waals surface area contributed by atoms with Gasteiger partial charge in [-0.15, -0.1) is 0 Å². The largest absolute Gasteiger partial charge is 0.459 e. The smallest absolute Gasteiger partial charge is 0.291 e. The van der Waals surface area contributed by atoms with Gasteiger partial charge in [-0.05, 0) is 80.6 Å². The molecule has 0 saturated heterocycles. The summed E-state index contributed by atoms with van der Waals surface area (Å²) in [6, 6.07) is 16.9. The molecule has 2 amide bonds. The van der Waals surface area contributed by atoms with E-state index >= 15 is 0 Å². The number of carbonyl (C=O) groups is 2. The van der Waals surface area contributed by atoms with Gasteiger partial charge in [0.2, 0.25) is 5.95 Å². The highest BCUT2D eigenvalue weighted by molar-refractivity contribution is 7.92. The number of hydrogen-bond donors (Lipinski definition) is 3. The van der Waals surface area contributed by atoms with E-state index in [-0.39, 0.29) is 16.6 Å². The molecule has 35 heavy (non-hydrogen) atoms. The van der Waals surface area contributed by atoms with Crippen molar-refractivity contribution in [1.29, 1.82) is 0 Å². The quantitative estimate of drug-likeness (QED) is 0.355. The minimum Gasteiger partial charge on any atom is -0.459 e. The van der Waals surface area contributed by atoms with Gasteiger partial charge >= 0.3 is 0 Å². The average Bonchev–Trinajstić information content (AvgIpc) is 3.34. The van der Waals surface area contributed by atoms with Crippen molar-refractivity contribution >= 4 is 39.2 Å². The van der Waals surface area contributed by atoms with Crippen molar-refractivity contribution in [2.24, 2.45) is 0 Å². The van der Waals surface area contributed by atoms with Crippen molar-refractivity contribution < 1.29 is 22.4 Å². The van der Waals surface area contributed by atoms with Gasteiger partial charge < -0.3 is 15.1 Å². The highest BCUT2D eigenvalue weighted by Crippen LogP contribution is 2.18. The molecule has 0 bridgehead atoms. The van der Waals surface area contributed by atoms with Gasteiger partial charge in [-0.2, -0.15) is 0 Å². The number of furan rings is 1. The van der Waals surface area contributed by atoms with Crippen molar-refractivity contribution in [3.05, 3.63) is 95.7 Å². The van der Waals surface area contributed by atoms with Gasteiger partial charge in [0.1, 0.15) is 0 Å². The summed E-state index contributed by atoms with van der Waals surface area (Å²) >= 11 is 0. The lowest BCUT2D eigenvalue weighted by molar-refractivity contribution is 0.0995. The van der Waals surface area contributed by atoms with E-state index in [2.05, 4.69) is 25.3 Å². The average molecular weight is 492 g/mol. The molecule has 0 spiro atoms. The Balaban J connectivity index is 1.39. The van der Waals surface area contributed by atoms with Crippen LogP contribution in [0.3, 0.4) is 0 Å². The lowest BCUT2D eigenvalue weighted by Crippen LogP contribution is -2.16. The Morgan fingerprint density at radius 2 is 1.37 bits per heavy atom. The lowest BCUT2D eigenvalue weighted by atomic mass is 10.2. The maximum atomic E-state index is 12.6. The fourth-order valence-electron chi connectivity index (χ4n) is 3.18. The summed E-state index contributed by atoms with van der Waals surface area (Å²) in [5.74, 6) is -0.634. The van der Waals surface area contributed by atoms with Crippen LogP contribution in [0.25, 0.3) is 0 Å². The Bertz CT molecular complexity index is 1450. The second-order valence-corrected chi connectivity index (χ2v) is 9.25. The molecule has 4 rings (SSSR count). The van der Waals surface area contributed by atoms with Crippen LogP contribution in [0.5, 0.6) is 0 Å². The van der Waals surface area contributed by atoms with E-state index in [1.54, 1.807) is 56.3 Å². The van der Waals surface area contributed by atoms with E-state index in [1.807, 2.05) is 0 Å². The highest BCUT2D eigenvalue weighted by atomic mass is 32.2. The molecular weight excluding hydrogens is 470 g/mol. The van der Waals surface area contributed by atoms with Gasteiger partial charge in [0.25, 0.3) is 21.8 Å². The van der Waals surface area contributed by atoms with Gasteiger partial charge in [-0.3, -0.25) is 9.59 Å². The molecule has 3 N–H and O–H groups in total. The monoisotopic (exact) mass is 491 g/mol. The lowest BCUT2D eigenvalue weighted by Gasteiger charge is -2.10. The van der Waals surface area contributed by atoms with Gasteiger partial charge in [-0.1, -0.05) is 0 Å². The predicted molar refractivity (Wildman–Crippen MR) is 130 cm³/mol. The van der Waals surface area contributed by atoms with Crippen LogP contribution < -0.4 is 15.4 Å². The van der Waals surface area contributed by atoms with Crippen LogP contribution >= 0.6 is 0 Å². The summed E-state index contributed by atoms with van der Waals surface area (Å²) < 4.78 is 32.7. The number of nitrogens with one attached hydrogen (secondary N) is 3. The Hall–Kier alpha value is -4.51. The number of aromatic nitrogens is 2. The van der Waals surface area contributed by atoms with Crippen molar-refractivity contribution in [1.82, 2.24) is 9.97 Å². The van der Waals surface area contributed by atoms with Crippen LogP contribution in [0.15, 0.2) is 82.3 Å². The van der Waals surface area contributed by atoms with Crippen molar-refractivity contribution in [2.45, 2.75) is 18.7 Å². The molecule has 0 atom stereocenters. The summed E-state index contributed by atoms with van der Waals surface area (Å²) in [5.41, 5.74) is 2.54. The molecule has 0 aliphatic heterocycles. The minimum atomic E-state index is -3.90. The Morgan fingerprint density at radius 3 is 1.94 bits per heavy atom. The minimum absolute atomic E-state index is 0.00471. The first kappa shape index (κ1) is 23.6. The molecule has 2 aromatic carbocycles. The van der Waals surface area contributed by atoms with Gasteiger partial charge in [0.15, 0.2) is 5.76 Å². The normalized spacial score (nSPS) is 11.0. The van der Waals surface area contributed by atoms with Crippen LogP contribution in [-0.4, -0.2) is 30.2 Å². The standard InChI is InChI=1S/C24H21N5O5S/c1-15-14-16(2)26-24(25-15)29-35(32,33)20-11-9-19(10-12-20)27-22(30)17-5-7-18(8-6-17)28-23(31)21-4-3-13-34-21/h3-14H,1-2H3,(H,27,30)(H,28,31)(H,25,26,29). The summed E-state index contributed by atoms with van der Waals surface area (Å²) in [5, 5.41) is 5.37. The van der Waals surface area contributed by atoms with Crippen LogP contribution in [0, 0.1) is 13.8 Å².